The third kappa shape index (κ3) is 4.15. The fourth-order valence-corrected chi connectivity index (χ4v) is 1.52. The SMILES string of the molecule is COCC(N)CN(C)c1cc(C(F)(F)F)ccn1. The first kappa shape index (κ1) is 14.7. The van der Waals surface area contributed by atoms with Crippen molar-refractivity contribution in [2.45, 2.75) is 12.2 Å². The maximum atomic E-state index is 12.5. The van der Waals surface area contributed by atoms with Crippen molar-refractivity contribution in [1.82, 2.24) is 4.98 Å². The molecule has 0 aliphatic rings. The molecular formula is C11H16F3N3O. The molecule has 18 heavy (non-hydrogen) atoms. The zero-order valence-electron chi connectivity index (χ0n) is 10.2. The number of ether oxygens (including phenoxy) is 1. The number of hydrogen-bond donors (Lipinski definition) is 1. The number of nitrogens with zero attached hydrogens (tertiary/aromatic N) is 2. The molecule has 1 rings (SSSR count). The van der Waals surface area contributed by atoms with E-state index in [2.05, 4.69) is 4.98 Å². The number of nitrogens with two attached hydrogens (primary N) is 1. The van der Waals surface area contributed by atoms with E-state index < -0.39 is 11.7 Å². The quantitative estimate of drug-likeness (QED) is 0.875. The third-order valence-corrected chi connectivity index (χ3v) is 2.35. The minimum atomic E-state index is -4.37. The van der Waals surface area contributed by atoms with Gasteiger partial charge in [0.2, 0.25) is 0 Å². The van der Waals surface area contributed by atoms with Crippen LogP contribution in [0, 0.1) is 0 Å². The molecule has 0 aliphatic heterocycles. The fraction of sp³-hybridized carbons (Fsp3) is 0.545. The summed E-state index contributed by atoms with van der Waals surface area (Å²) >= 11 is 0. The number of aromatic nitrogens is 1. The molecule has 1 aromatic rings. The Bertz CT molecular complexity index is 384. The van der Waals surface area contributed by atoms with Crippen LogP contribution in [0.25, 0.3) is 0 Å². The Balaban J connectivity index is 2.77. The predicted octanol–water partition coefficient (Wildman–Crippen LogP) is 1.51. The monoisotopic (exact) mass is 263 g/mol. The summed E-state index contributed by atoms with van der Waals surface area (Å²) in [5.41, 5.74) is 5.01. The standard InChI is InChI=1S/C11H16F3N3O/c1-17(6-9(15)7-18-2)10-5-8(3-4-16-10)11(12,13)14/h3-5,9H,6-7,15H2,1-2H3. The summed E-state index contributed by atoms with van der Waals surface area (Å²) in [6.07, 6.45) is -3.23. The molecule has 0 spiro atoms. The van der Waals surface area contributed by atoms with Crippen molar-refractivity contribution in [2.24, 2.45) is 5.73 Å². The highest BCUT2D eigenvalue weighted by Gasteiger charge is 2.31. The van der Waals surface area contributed by atoms with Gasteiger partial charge in [0.1, 0.15) is 5.82 Å². The summed E-state index contributed by atoms with van der Waals surface area (Å²) in [4.78, 5) is 5.46. The van der Waals surface area contributed by atoms with Gasteiger partial charge in [-0.05, 0) is 12.1 Å². The average molecular weight is 263 g/mol. The van der Waals surface area contributed by atoms with E-state index in [-0.39, 0.29) is 11.9 Å². The molecule has 102 valence electrons. The van der Waals surface area contributed by atoms with Gasteiger partial charge in [0, 0.05) is 32.9 Å². The van der Waals surface area contributed by atoms with Crippen LogP contribution in [0.4, 0.5) is 19.0 Å². The zero-order valence-corrected chi connectivity index (χ0v) is 10.2. The number of halogens is 3. The Labute approximate surface area is 104 Å². The lowest BCUT2D eigenvalue weighted by Gasteiger charge is -2.22. The van der Waals surface area contributed by atoms with E-state index in [0.29, 0.717) is 13.2 Å². The van der Waals surface area contributed by atoms with Gasteiger partial charge in [-0.25, -0.2) is 4.98 Å². The van der Waals surface area contributed by atoms with Crippen LogP contribution in [0.15, 0.2) is 18.3 Å². The molecule has 0 saturated carbocycles. The first-order valence-electron chi connectivity index (χ1n) is 5.33. The Kier molecular flexibility index (Phi) is 4.92. The van der Waals surface area contributed by atoms with E-state index in [1.807, 2.05) is 0 Å². The molecular weight excluding hydrogens is 247 g/mol. The number of anilines is 1. The molecule has 1 heterocycles. The van der Waals surface area contributed by atoms with Gasteiger partial charge in [-0.15, -0.1) is 0 Å². The predicted molar refractivity (Wildman–Crippen MR) is 62.4 cm³/mol. The second-order valence-electron chi connectivity index (χ2n) is 4.00. The smallest absolute Gasteiger partial charge is 0.383 e. The summed E-state index contributed by atoms with van der Waals surface area (Å²) in [6.45, 7) is 0.700. The first-order valence-corrected chi connectivity index (χ1v) is 5.33. The highest BCUT2D eigenvalue weighted by molar-refractivity contribution is 5.41. The van der Waals surface area contributed by atoms with Crippen molar-refractivity contribution >= 4 is 5.82 Å². The topological polar surface area (TPSA) is 51.4 Å². The van der Waals surface area contributed by atoms with Crippen LogP contribution in [0.2, 0.25) is 0 Å². The highest BCUT2D eigenvalue weighted by atomic mass is 19.4. The summed E-state index contributed by atoms with van der Waals surface area (Å²) in [7, 11) is 3.15. The van der Waals surface area contributed by atoms with Gasteiger partial charge < -0.3 is 15.4 Å². The van der Waals surface area contributed by atoms with Crippen LogP contribution in [0.3, 0.4) is 0 Å². The van der Waals surface area contributed by atoms with Crippen LogP contribution < -0.4 is 10.6 Å². The normalized spacial score (nSPS) is 13.4. The Morgan fingerprint density at radius 1 is 1.50 bits per heavy atom. The molecule has 2 N–H and O–H groups in total. The molecule has 1 unspecified atom stereocenters. The largest absolute Gasteiger partial charge is 0.416 e. The van der Waals surface area contributed by atoms with Gasteiger partial charge in [0.25, 0.3) is 0 Å². The van der Waals surface area contributed by atoms with Crippen LogP contribution in [-0.2, 0) is 10.9 Å². The number of likely N-dealkylation sites (N-methyl/N-ethyl adjacent to an activating group) is 1. The van der Waals surface area contributed by atoms with E-state index in [4.69, 9.17) is 10.5 Å². The zero-order chi connectivity index (χ0) is 13.8. The lowest BCUT2D eigenvalue weighted by molar-refractivity contribution is -0.137. The second kappa shape index (κ2) is 6.01. The molecule has 0 fully saturated rings. The van der Waals surface area contributed by atoms with Crippen molar-refractivity contribution in [3.8, 4) is 0 Å². The van der Waals surface area contributed by atoms with Crippen LogP contribution in [-0.4, -0.2) is 38.3 Å². The van der Waals surface area contributed by atoms with E-state index in [1.165, 1.54) is 7.11 Å². The molecule has 0 bridgehead atoms. The van der Waals surface area contributed by atoms with Gasteiger partial charge in [-0.1, -0.05) is 0 Å². The number of methoxy groups -OCH3 is 1. The first-order chi connectivity index (χ1) is 8.34. The van der Waals surface area contributed by atoms with Gasteiger partial charge in [0.15, 0.2) is 0 Å². The average Bonchev–Trinajstić information content (AvgIpc) is 2.28. The minimum absolute atomic E-state index is 0.233. The van der Waals surface area contributed by atoms with Gasteiger partial charge in [0.05, 0.1) is 12.2 Å². The fourth-order valence-electron chi connectivity index (χ4n) is 1.52. The van der Waals surface area contributed by atoms with Crippen LogP contribution in [0.5, 0.6) is 0 Å². The maximum Gasteiger partial charge on any atom is 0.416 e. The van der Waals surface area contributed by atoms with Crippen molar-refractivity contribution < 1.29 is 17.9 Å². The molecule has 1 atom stereocenters. The Morgan fingerprint density at radius 3 is 2.72 bits per heavy atom. The van der Waals surface area contributed by atoms with Crippen molar-refractivity contribution in [1.29, 1.82) is 0 Å². The summed E-state index contributed by atoms with van der Waals surface area (Å²) in [6, 6.07) is 1.66. The number of pyridine rings is 1. The molecule has 0 amide bonds. The molecule has 0 aliphatic carbocycles. The van der Waals surface area contributed by atoms with Crippen molar-refractivity contribution in [2.75, 3.05) is 32.2 Å². The highest BCUT2D eigenvalue weighted by Crippen LogP contribution is 2.30. The van der Waals surface area contributed by atoms with Crippen LogP contribution >= 0.6 is 0 Å². The summed E-state index contributed by atoms with van der Waals surface area (Å²) < 4.78 is 42.4. The lowest BCUT2D eigenvalue weighted by Crippen LogP contribution is -2.38. The molecule has 4 nitrogen and oxygen atoms in total. The molecule has 1 aromatic heterocycles. The van der Waals surface area contributed by atoms with Crippen LogP contribution in [0.1, 0.15) is 5.56 Å². The second-order valence-corrected chi connectivity index (χ2v) is 4.00. The van der Waals surface area contributed by atoms with Crippen molar-refractivity contribution in [3.63, 3.8) is 0 Å². The van der Waals surface area contributed by atoms with Gasteiger partial charge in [-0.2, -0.15) is 13.2 Å². The van der Waals surface area contributed by atoms with Gasteiger partial charge in [-0.3, -0.25) is 0 Å². The molecule has 0 saturated heterocycles. The van der Waals surface area contributed by atoms with E-state index in [0.717, 1.165) is 18.3 Å². The van der Waals surface area contributed by atoms with E-state index >= 15 is 0 Å². The minimum Gasteiger partial charge on any atom is -0.383 e. The molecule has 7 heteroatoms. The Hall–Kier alpha value is -1.34. The van der Waals surface area contributed by atoms with E-state index in [9.17, 15) is 13.2 Å². The lowest BCUT2D eigenvalue weighted by atomic mass is 10.2. The maximum absolute atomic E-state index is 12.5. The van der Waals surface area contributed by atoms with Crippen molar-refractivity contribution in [3.05, 3.63) is 23.9 Å². The Morgan fingerprint density at radius 2 is 2.17 bits per heavy atom. The van der Waals surface area contributed by atoms with E-state index in [1.54, 1.807) is 11.9 Å². The number of rotatable bonds is 5. The number of hydrogen-bond acceptors (Lipinski definition) is 4. The van der Waals surface area contributed by atoms with Gasteiger partial charge >= 0.3 is 6.18 Å². The third-order valence-electron chi connectivity index (χ3n) is 2.35. The molecule has 0 aromatic carbocycles. The number of alkyl halides is 3. The summed E-state index contributed by atoms with van der Waals surface area (Å²) in [5, 5.41) is 0. The molecule has 0 radical (unpaired) electrons. The summed E-state index contributed by atoms with van der Waals surface area (Å²) in [5.74, 6) is 0.233.